The van der Waals surface area contributed by atoms with Crippen LogP contribution in [0.2, 0.25) is 0 Å². The molecule has 0 atom stereocenters. The third kappa shape index (κ3) is 7.97. The van der Waals surface area contributed by atoms with Crippen molar-refractivity contribution in [1.29, 1.82) is 0 Å². The lowest BCUT2D eigenvalue weighted by atomic mass is 9.86. The predicted molar refractivity (Wildman–Crippen MR) is 105 cm³/mol. The van der Waals surface area contributed by atoms with Crippen LogP contribution in [-0.4, -0.2) is 52.9 Å². The van der Waals surface area contributed by atoms with Crippen molar-refractivity contribution in [3.8, 4) is 5.75 Å². The zero-order valence-corrected chi connectivity index (χ0v) is 16.8. The van der Waals surface area contributed by atoms with Crippen molar-refractivity contribution >= 4 is 16.0 Å². The number of benzene rings is 1. The molecule has 1 fully saturated rings. The van der Waals surface area contributed by atoms with Gasteiger partial charge in [-0.25, -0.2) is 21.9 Å². The highest BCUT2D eigenvalue weighted by molar-refractivity contribution is 7.89. The highest BCUT2D eigenvalue weighted by Crippen LogP contribution is 2.25. The number of guanidine groups is 1. The maximum Gasteiger partial charge on any atom is 0.213 e. The fourth-order valence-electron chi connectivity index (χ4n) is 2.56. The zero-order chi connectivity index (χ0) is 20.4. The molecular formula is C18H28F2N4O3S. The van der Waals surface area contributed by atoms with E-state index in [4.69, 9.17) is 4.74 Å². The summed E-state index contributed by atoms with van der Waals surface area (Å²) < 4.78 is 58.2. The van der Waals surface area contributed by atoms with E-state index in [9.17, 15) is 17.2 Å². The van der Waals surface area contributed by atoms with Gasteiger partial charge in [-0.1, -0.05) is 6.42 Å². The van der Waals surface area contributed by atoms with Crippen molar-refractivity contribution in [2.75, 3.05) is 38.5 Å². The fraction of sp³-hybridized carbons (Fsp3) is 0.611. The topological polar surface area (TPSA) is 91.8 Å². The first-order valence-electron chi connectivity index (χ1n) is 9.47. The van der Waals surface area contributed by atoms with Gasteiger partial charge in [0.05, 0.1) is 18.8 Å². The molecule has 0 heterocycles. The number of aliphatic imine (C=N–C) groups is 1. The molecule has 0 aliphatic heterocycles. The Morgan fingerprint density at radius 1 is 1.29 bits per heavy atom. The Balaban J connectivity index is 1.71. The molecule has 2 rings (SSSR count). The normalized spacial score (nSPS) is 15.2. The summed E-state index contributed by atoms with van der Waals surface area (Å²) in [4.78, 5) is 4.23. The molecule has 7 nitrogen and oxygen atoms in total. The molecule has 158 valence electrons. The molecule has 0 unspecified atom stereocenters. The highest BCUT2D eigenvalue weighted by atomic mass is 32.2. The van der Waals surface area contributed by atoms with E-state index in [2.05, 4.69) is 20.3 Å². The minimum absolute atomic E-state index is 0.0335. The minimum Gasteiger partial charge on any atom is -0.489 e. The maximum absolute atomic E-state index is 13.5. The van der Waals surface area contributed by atoms with Crippen LogP contribution in [0.15, 0.2) is 23.2 Å². The number of sulfonamides is 1. The smallest absolute Gasteiger partial charge is 0.213 e. The van der Waals surface area contributed by atoms with Gasteiger partial charge in [-0.2, -0.15) is 0 Å². The maximum atomic E-state index is 13.5. The van der Waals surface area contributed by atoms with Gasteiger partial charge in [0.25, 0.3) is 0 Å². The highest BCUT2D eigenvalue weighted by Gasteiger charge is 2.19. The molecule has 0 amide bonds. The van der Waals surface area contributed by atoms with Crippen molar-refractivity contribution < 1.29 is 21.9 Å². The summed E-state index contributed by atoms with van der Waals surface area (Å²) in [6.07, 6.45) is 3.34. The molecule has 1 aromatic rings. The minimum atomic E-state index is -3.34. The summed E-state index contributed by atoms with van der Waals surface area (Å²) in [7, 11) is -3.34. The molecule has 3 N–H and O–H groups in total. The number of nitrogens with one attached hydrogen (secondary N) is 3. The van der Waals surface area contributed by atoms with Gasteiger partial charge in [-0.15, -0.1) is 0 Å². The van der Waals surface area contributed by atoms with Gasteiger partial charge in [0.1, 0.15) is 12.4 Å². The second kappa shape index (κ2) is 11.2. The van der Waals surface area contributed by atoms with Crippen molar-refractivity contribution in [2.45, 2.75) is 26.2 Å². The number of ether oxygens (including phenoxy) is 1. The van der Waals surface area contributed by atoms with Gasteiger partial charge in [-0.3, -0.25) is 4.99 Å². The van der Waals surface area contributed by atoms with E-state index < -0.39 is 21.7 Å². The molecule has 1 aromatic carbocycles. The average Bonchev–Trinajstić information content (AvgIpc) is 2.58. The van der Waals surface area contributed by atoms with E-state index in [-0.39, 0.29) is 24.7 Å². The third-order valence-electron chi connectivity index (χ3n) is 4.34. The summed E-state index contributed by atoms with van der Waals surface area (Å²) in [5, 5.41) is 5.98. The summed E-state index contributed by atoms with van der Waals surface area (Å²) in [5.74, 6) is -0.646. The van der Waals surface area contributed by atoms with Crippen LogP contribution in [0, 0.1) is 17.6 Å². The monoisotopic (exact) mass is 418 g/mol. The molecule has 28 heavy (non-hydrogen) atoms. The molecule has 1 aliphatic carbocycles. The van der Waals surface area contributed by atoms with Gasteiger partial charge >= 0.3 is 0 Å². The van der Waals surface area contributed by atoms with E-state index in [1.165, 1.54) is 12.5 Å². The zero-order valence-electron chi connectivity index (χ0n) is 16.0. The van der Waals surface area contributed by atoms with E-state index in [0.717, 1.165) is 25.0 Å². The second-order valence-corrected chi connectivity index (χ2v) is 8.50. The third-order valence-corrected chi connectivity index (χ3v) is 5.66. The van der Waals surface area contributed by atoms with Gasteiger partial charge in [0, 0.05) is 19.2 Å². The molecule has 1 aliphatic rings. The molecule has 1 saturated carbocycles. The quantitative estimate of drug-likeness (QED) is 0.289. The SMILES string of the molecule is CCNC(=NCCS(=O)(=O)NCC1CCC1)NCCOc1ccc(F)cc1F. The summed E-state index contributed by atoms with van der Waals surface area (Å²) >= 11 is 0. The van der Waals surface area contributed by atoms with Crippen LogP contribution in [0.3, 0.4) is 0 Å². The molecule has 0 aromatic heterocycles. The Morgan fingerprint density at radius 3 is 2.71 bits per heavy atom. The first kappa shape index (κ1) is 22.4. The van der Waals surface area contributed by atoms with Crippen LogP contribution in [0.4, 0.5) is 8.78 Å². The van der Waals surface area contributed by atoms with Crippen LogP contribution in [-0.2, 0) is 10.0 Å². The van der Waals surface area contributed by atoms with Crippen molar-refractivity contribution in [3.63, 3.8) is 0 Å². The standard InChI is InChI=1S/C18H28F2N4O3S/c1-2-21-18(22-8-10-27-17-7-6-15(19)12-16(17)20)23-9-11-28(25,26)24-13-14-4-3-5-14/h6-7,12,14,24H,2-5,8-11,13H2,1H3,(H2,21,22,23). The van der Waals surface area contributed by atoms with Crippen molar-refractivity contribution in [2.24, 2.45) is 10.9 Å². The van der Waals surface area contributed by atoms with E-state index in [1.807, 2.05) is 6.92 Å². The number of hydrogen-bond donors (Lipinski definition) is 3. The summed E-state index contributed by atoms with van der Waals surface area (Å²) in [6, 6.07) is 3.11. The first-order chi connectivity index (χ1) is 13.4. The summed E-state index contributed by atoms with van der Waals surface area (Å²) in [6.45, 7) is 3.55. The van der Waals surface area contributed by atoms with Crippen molar-refractivity contribution in [1.82, 2.24) is 15.4 Å². The largest absolute Gasteiger partial charge is 0.489 e. The van der Waals surface area contributed by atoms with Crippen LogP contribution in [0.25, 0.3) is 0 Å². The van der Waals surface area contributed by atoms with Crippen LogP contribution >= 0.6 is 0 Å². The number of halogens is 2. The Hall–Kier alpha value is -1.94. The van der Waals surface area contributed by atoms with Gasteiger partial charge in [0.2, 0.25) is 10.0 Å². The van der Waals surface area contributed by atoms with Crippen LogP contribution < -0.4 is 20.1 Å². The molecular weight excluding hydrogens is 390 g/mol. The lowest BCUT2D eigenvalue weighted by Crippen LogP contribution is -2.40. The van der Waals surface area contributed by atoms with E-state index in [1.54, 1.807) is 0 Å². The molecule has 0 bridgehead atoms. The Labute approximate surface area is 165 Å². The Kier molecular flexibility index (Phi) is 8.91. The number of rotatable bonds is 11. The summed E-state index contributed by atoms with van der Waals surface area (Å²) in [5.41, 5.74) is 0. The van der Waals surface area contributed by atoms with E-state index >= 15 is 0 Å². The number of hydrogen-bond acceptors (Lipinski definition) is 4. The second-order valence-electron chi connectivity index (χ2n) is 6.57. The predicted octanol–water partition coefficient (Wildman–Crippen LogP) is 1.62. The van der Waals surface area contributed by atoms with Crippen LogP contribution in [0.1, 0.15) is 26.2 Å². The molecule has 10 heteroatoms. The number of nitrogens with zero attached hydrogens (tertiary/aromatic N) is 1. The van der Waals surface area contributed by atoms with Gasteiger partial charge in [-0.05, 0) is 37.8 Å². The average molecular weight is 419 g/mol. The lowest BCUT2D eigenvalue weighted by Gasteiger charge is -2.25. The lowest BCUT2D eigenvalue weighted by molar-refractivity contribution is 0.304. The van der Waals surface area contributed by atoms with Crippen LogP contribution in [0.5, 0.6) is 5.75 Å². The van der Waals surface area contributed by atoms with Crippen molar-refractivity contribution in [3.05, 3.63) is 29.8 Å². The van der Waals surface area contributed by atoms with Gasteiger partial charge in [0.15, 0.2) is 17.5 Å². The Morgan fingerprint density at radius 2 is 2.07 bits per heavy atom. The molecule has 0 radical (unpaired) electrons. The molecule has 0 saturated heterocycles. The van der Waals surface area contributed by atoms with E-state index in [0.29, 0.717) is 31.5 Å². The van der Waals surface area contributed by atoms with Gasteiger partial charge < -0.3 is 15.4 Å². The Bertz CT molecular complexity index is 755. The fourth-order valence-corrected chi connectivity index (χ4v) is 3.52. The first-order valence-corrected chi connectivity index (χ1v) is 11.1. The molecule has 0 spiro atoms.